The number of carbonyl (C=O) groups is 1. The SMILES string of the molecule is O=C1CCCN(c2ccc(-c3ccc[nH]3)nn2)C1. The summed E-state index contributed by atoms with van der Waals surface area (Å²) in [5.41, 5.74) is 1.76. The van der Waals surface area contributed by atoms with E-state index in [9.17, 15) is 4.79 Å². The van der Waals surface area contributed by atoms with E-state index in [2.05, 4.69) is 15.2 Å². The van der Waals surface area contributed by atoms with E-state index in [0.717, 1.165) is 30.2 Å². The monoisotopic (exact) mass is 242 g/mol. The molecule has 3 heterocycles. The van der Waals surface area contributed by atoms with Crippen LogP contribution in [0.4, 0.5) is 5.82 Å². The van der Waals surface area contributed by atoms with E-state index in [0.29, 0.717) is 13.0 Å². The number of Topliss-reactive ketones (excluding diaryl/α,β-unsaturated/α-hetero) is 1. The van der Waals surface area contributed by atoms with Crippen LogP contribution in [0.15, 0.2) is 30.5 Å². The summed E-state index contributed by atoms with van der Waals surface area (Å²) in [5, 5.41) is 8.38. The van der Waals surface area contributed by atoms with Gasteiger partial charge in [-0.05, 0) is 30.7 Å². The first-order valence-corrected chi connectivity index (χ1v) is 6.07. The molecular weight excluding hydrogens is 228 g/mol. The molecule has 5 nitrogen and oxygen atoms in total. The minimum Gasteiger partial charge on any atom is -0.360 e. The predicted molar refractivity (Wildman–Crippen MR) is 68.3 cm³/mol. The van der Waals surface area contributed by atoms with Gasteiger partial charge in [0, 0.05) is 19.2 Å². The summed E-state index contributed by atoms with van der Waals surface area (Å²) in [4.78, 5) is 16.5. The van der Waals surface area contributed by atoms with Crippen LogP contribution in [0.25, 0.3) is 11.4 Å². The molecule has 1 aliphatic heterocycles. The third-order valence-electron chi connectivity index (χ3n) is 3.10. The number of hydrogen-bond donors (Lipinski definition) is 1. The van der Waals surface area contributed by atoms with E-state index in [-0.39, 0.29) is 5.78 Å². The van der Waals surface area contributed by atoms with E-state index in [1.165, 1.54) is 0 Å². The number of aromatic nitrogens is 3. The Morgan fingerprint density at radius 3 is 2.83 bits per heavy atom. The molecule has 1 N–H and O–H groups in total. The minimum absolute atomic E-state index is 0.275. The normalized spacial score (nSPS) is 16.0. The van der Waals surface area contributed by atoms with E-state index >= 15 is 0 Å². The van der Waals surface area contributed by atoms with Crippen molar-refractivity contribution < 1.29 is 4.79 Å². The molecule has 3 rings (SSSR count). The number of ketones is 1. The molecule has 2 aromatic rings. The van der Waals surface area contributed by atoms with Gasteiger partial charge in [0.15, 0.2) is 11.6 Å². The molecule has 1 saturated heterocycles. The maximum absolute atomic E-state index is 11.4. The molecule has 1 fully saturated rings. The number of piperidine rings is 1. The molecular formula is C13H14N4O. The van der Waals surface area contributed by atoms with Crippen molar-refractivity contribution in [2.24, 2.45) is 0 Å². The first kappa shape index (κ1) is 11.0. The number of hydrogen-bond acceptors (Lipinski definition) is 4. The molecule has 0 unspecified atom stereocenters. The maximum Gasteiger partial charge on any atom is 0.152 e. The lowest BCUT2D eigenvalue weighted by atomic mass is 10.1. The molecule has 1 aliphatic rings. The fourth-order valence-electron chi connectivity index (χ4n) is 2.16. The van der Waals surface area contributed by atoms with Gasteiger partial charge in [-0.25, -0.2) is 0 Å². The number of anilines is 1. The van der Waals surface area contributed by atoms with Crippen molar-refractivity contribution in [1.29, 1.82) is 0 Å². The number of rotatable bonds is 2. The molecule has 0 amide bonds. The minimum atomic E-state index is 0.275. The molecule has 0 saturated carbocycles. The van der Waals surface area contributed by atoms with Crippen molar-refractivity contribution in [1.82, 2.24) is 15.2 Å². The molecule has 5 heteroatoms. The fraction of sp³-hybridized carbons (Fsp3) is 0.308. The molecule has 0 radical (unpaired) electrons. The standard InChI is InChI=1S/C13H14N4O/c18-10-3-2-8-17(9-10)13-6-5-12(15-16-13)11-4-1-7-14-11/h1,4-7,14H,2-3,8-9H2. The molecule has 0 bridgehead atoms. The van der Waals surface area contributed by atoms with Gasteiger partial charge in [0.25, 0.3) is 0 Å². The molecule has 0 atom stereocenters. The van der Waals surface area contributed by atoms with Crippen LogP contribution in [0, 0.1) is 0 Å². The molecule has 0 aliphatic carbocycles. The Labute approximate surface area is 105 Å². The Balaban J connectivity index is 1.80. The third-order valence-corrected chi connectivity index (χ3v) is 3.10. The molecule has 18 heavy (non-hydrogen) atoms. The molecule has 2 aromatic heterocycles. The van der Waals surface area contributed by atoms with Crippen LogP contribution in [-0.2, 0) is 4.79 Å². The number of nitrogens with zero attached hydrogens (tertiary/aromatic N) is 3. The van der Waals surface area contributed by atoms with Crippen LogP contribution in [0.1, 0.15) is 12.8 Å². The van der Waals surface area contributed by atoms with Gasteiger partial charge in [-0.1, -0.05) is 0 Å². The van der Waals surface area contributed by atoms with Crippen LogP contribution >= 0.6 is 0 Å². The number of H-pyrrole nitrogens is 1. The van der Waals surface area contributed by atoms with Crippen LogP contribution in [0.5, 0.6) is 0 Å². The number of aromatic amines is 1. The number of carbonyl (C=O) groups excluding carboxylic acids is 1. The highest BCUT2D eigenvalue weighted by atomic mass is 16.1. The third kappa shape index (κ3) is 2.11. The van der Waals surface area contributed by atoms with Crippen molar-refractivity contribution >= 4 is 11.6 Å². The van der Waals surface area contributed by atoms with Gasteiger partial charge in [-0.3, -0.25) is 4.79 Å². The van der Waals surface area contributed by atoms with Gasteiger partial charge in [-0.2, -0.15) is 0 Å². The fourth-order valence-corrected chi connectivity index (χ4v) is 2.16. The van der Waals surface area contributed by atoms with Gasteiger partial charge in [0.2, 0.25) is 0 Å². The summed E-state index contributed by atoms with van der Waals surface area (Å²) in [7, 11) is 0. The molecule has 0 aromatic carbocycles. The zero-order valence-electron chi connectivity index (χ0n) is 9.97. The average molecular weight is 242 g/mol. The second-order valence-corrected chi connectivity index (χ2v) is 4.42. The lowest BCUT2D eigenvalue weighted by Gasteiger charge is -2.26. The van der Waals surface area contributed by atoms with Gasteiger partial charge in [0.05, 0.1) is 12.2 Å². The maximum atomic E-state index is 11.4. The van der Waals surface area contributed by atoms with Crippen molar-refractivity contribution in [3.63, 3.8) is 0 Å². The van der Waals surface area contributed by atoms with E-state index < -0.39 is 0 Å². The topological polar surface area (TPSA) is 61.9 Å². The molecule has 92 valence electrons. The van der Waals surface area contributed by atoms with Crippen molar-refractivity contribution in [2.75, 3.05) is 18.0 Å². The summed E-state index contributed by atoms with van der Waals surface area (Å²) < 4.78 is 0. The van der Waals surface area contributed by atoms with Crippen LogP contribution in [0.3, 0.4) is 0 Å². The summed E-state index contributed by atoms with van der Waals surface area (Å²) in [6, 6.07) is 7.72. The Kier molecular flexibility index (Phi) is 2.80. The van der Waals surface area contributed by atoms with Crippen LogP contribution in [-0.4, -0.2) is 34.1 Å². The number of nitrogens with one attached hydrogen (secondary N) is 1. The van der Waals surface area contributed by atoms with E-state index in [4.69, 9.17) is 0 Å². The lowest BCUT2D eigenvalue weighted by molar-refractivity contribution is -0.118. The summed E-state index contributed by atoms with van der Waals surface area (Å²) in [6.07, 6.45) is 3.44. The highest BCUT2D eigenvalue weighted by Gasteiger charge is 2.18. The smallest absolute Gasteiger partial charge is 0.152 e. The van der Waals surface area contributed by atoms with E-state index in [1.807, 2.05) is 35.4 Å². The largest absolute Gasteiger partial charge is 0.360 e. The van der Waals surface area contributed by atoms with Gasteiger partial charge < -0.3 is 9.88 Å². The Bertz CT molecular complexity index is 533. The summed E-state index contributed by atoms with van der Waals surface area (Å²) >= 11 is 0. The Morgan fingerprint density at radius 1 is 1.22 bits per heavy atom. The van der Waals surface area contributed by atoms with Crippen molar-refractivity contribution in [3.05, 3.63) is 30.5 Å². The predicted octanol–water partition coefficient (Wildman–Crippen LogP) is 1.64. The van der Waals surface area contributed by atoms with Gasteiger partial charge >= 0.3 is 0 Å². The van der Waals surface area contributed by atoms with Gasteiger partial charge in [-0.15, -0.1) is 10.2 Å². The first-order chi connectivity index (χ1) is 8.83. The quantitative estimate of drug-likeness (QED) is 0.869. The first-order valence-electron chi connectivity index (χ1n) is 6.07. The second kappa shape index (κ2) is 4.60. The summed E-state index contributed by atoms with van der Waals surface area (Å²) in [6.45, 7) is 1.33. The average Bonchev–Trinajstić information content (AvgIpc) is 2.93. The van der Waals surface area contributed by atoms with Crippen LogP contribution < -0.4 is 4.90 Å². The Morgan fingerprint density at radius 2 is 2.17 bits per heavy atom. The van der Waals surface area contributed by atoms with Gasteiger partial charge in [0.1, 0.15) is 5.69 Å². The lowest BCUT2D eigenvalue weighted by Crippen LogP contribution is -2.36. The highest BCUT2D eigenvalue weighted by molar-refractivity contribution is 5.84. The van der Waals surface area contributed by atoms with E-state index in [1.54, 1.807) is 0 Å². The molecule has 0 spiro atoms. The zero-order valence-corrected chi connectivity index (χ0v) is 9.97. The highest BCUT2D eigenvalue weighted by Crippen LogP contribution is 2.18. The van der Waals surface area contributed by atoms with Crippen LogP contribution in [0.2, 0.25) is 0 Å². The Hall–Kier alpha value is -2.17. The van der Waals surface area contributed by atoms with Crippen molar-refractivity contribution in [2.45, 2.75) is 12.8 Å². The zero-order chi connectivity index (χ0) is 12.4. The summed E-state index contributed by atoms with van der Waals surface area (Å²) in [5.74, 6) is 1.05. The second-order valence-electron chi connectivity index (χ2n) is 4.42. The van der Waals surface area contributed by atoms with Crippen molar-refractivity contribution in [3.8, 4) is 11.4 Å².